The third kappa shape index (κ3) is 7.52. The summed E-state index contributed by atoms with van der Waals surface area (Å²) in [7, 11) is -4.28. The van der Waals surface area contributed by atoms with E-state index in [-0.39, 0.29) is 16.7 Å². The molecule has 0 aliphatic rings. The summed E-state index contributed by atoms with van der Waals surface area (Å²) in [4.78, 5) is -0.211. The van der Waals surface area contributed by atoms with Crippen LogP contribution in [0.5, 0.6) is 5.75 Å². The van der Waals surface area contributed by atoms with Gasteiger partial charge in [-0.3, -0.25) is 4.55 Å². The van der Waals surface area contributed by atoms with Crippen LogP contribution in [0.1, 0.15) is 46.0 Å². The first-order valence-electron chi connectivity index (χ1n) is 7.95. The molecule has 1 atom stereocenters. The number of unbranched alkanes of at least 4 members (excludes halogenated alkanes) is 2. The van der Waals surface area contributed by atoms with Crippen LogP contribution in [-0.4, -0.2) is 25.7 Å². The molecule has 0 spiro atoms. The molecule has 1 rings (SSSR count). The Morgan fingerprint density at radius 2 is 1.96 bits per heavy atom. The number of rotatable bonds is 11. The average Bonchev–Trinajstić information content (AvgIpc) is 2.51. The third-order valence-electron chi connectivity index (χ3n) is 3.36. The number of hydrogen-bond acceptors (Lipinski definition) is 4. The summed E-state index contributed by atoms with van der Waals surface area (Å²) < 4.78 is 43.0. The van der Waals surface area contributed by atoms with E-state index in [0.29, 0.717) is 13.0 Å². The summed E-state index contributed by atoms with van der Waals surface area (Å²) in [5.41, 5.74) is 0. The van der Waals surface area contributed by atoms with E-state index in [1.165, 1.54) is 12.1 Å². The van der Waals surface area contributed by atoms with E-state index in [1.807, 2.05) is 13.0 Å². The van der Waals surface area contributed by atoms with Crippen molar-refractivity contribution in [2.45, 2.75) is 57.0 Å². The molecule has 0 amide bonds. The predicted octanol–water partition coefficient (Wildman–Crippen LogP) is 4.20. The number of ether oxygens (including phenoxy) is 2. The van der Waals surface area contributed by atoms with Gasteiger partial charge in [-0.2, -0.15) is 8.42 Å². The quantitative estimate of drug-likeness (QED) is 0.371. The molecule has 0 saturated carbocycles. The van der Waals surface area contributed by atoms with Gasteiger partial charge in [-0.1, -0.05) is 38.0 Å². The molecule has 0 aliphatic heterocycles. The molecule has 1 aromatic rings. The van der Waals surface area contributed by atoms with Crippen molar-refractivity contribution in [2.75, 3.05) is 6.61 Å². The van der Waals surface area contributed by atoms with Crippen molar-refractivity contribution in [1.82, 2.24) is 0 Å². The lowest BCUT2D eigenvalue weighted by Crippen LogP contribution is -2.15. The third-order valence-corrected chi connectivity index (χ3v) is 4.25. The van der Waals surface area contributed by atoms with Crippen LogP contribution in [0.25, 0.3) is 0 Å². The molecular weight excluding hydrogens is 316 g/mol. The highest BCUT2D eigenvalue weighted by atomic mass is 32.2. The Balaban J connectivity index is 2.58. The summed E-state index contributed by atoms with van der Waals surface area (Å²) in [6.07, 6.45) is 8.51. The van der Waals surface area contributed by atoms with Gasteiger partial charge in [0.2, 0.25) is 0 Å². The lowest BCUT2D eigenvalue weighted by Gasteiger charge is -2.17. The molecule has 1 N–H and O–H groups in total. The number of para-hydroxylation sites is 1. The zero-order valence-corrected chi connectivity index (χ0v) is 14.6. The number of allylic oxidation sites excluding steroid dienone is 1. The maximum absolute atomic E-state index is 11.3. The molecule has 6 heteroatoms. The van der Waals surface area contributed by atoms with Gasteiger partial charge in [-0.15, -0.1) is 0 Å². The molecule has 0 saturated heterocycles. The maximum Gasteiger partial charge on any atom is 0.298 e. The van der Waals surface area contributed by atoms with E-state index in [2.05, 4.69) is 6.92 Å². The van der Waals surface area contributed by atoms with E-state index in [9.17, 15) is 13.0 Å². The minimum Gasteiger partial charge on any atom is -0.498 e. The Labute approximate surface area is 139 Å². The Bertz CT molecular complexity index is 580. The fourth-order valence-electron chi connectivity index (χ4n) is 2.17. The van der Waals surface area contributed by atoms with Crippen molar-refractivity contribution < 1.29 is 22.4 Å². The standard InChI is InChI=1S/C17H26O5S/c1-3-5-6-9-15(21-13-4-2)12-14-22-16-10-7-8-11-17(16)23(18,19)20/h4,7-8,10-11,13,15H,3,5-6,9,12,14H2,1-2H3,(H,18,19,20). The minimum atomic E-state index is -4.28. The Hall–Kier alpha value is -1.53. The Morgan fingerprint density at radius 1 is 1.22 bits per heavy atom. The highest BCUT2D eigenvalue weighted by Crippen LogP contribution is 2.23. The van der Waals surface area contributed by atoms with Gasteiger partial charge in [-0.25, -0.2) is 0 Å². The van der Waals surface area contributed by atoms with Crippen molar-refractivity contribution in [3.8, 4) is 5.75 Å². The first kappa shape index (κ1) is 19.5. The predicted molar refractivity (Wildman–Crippen MR) is 90.2 cm³/mol. The zero-order chi connectivity index (χ0) is 17.1. The number of hydrogen-bond donors (Lipinski definition) is 1. The summed E-state index contributed by atoms with van der Waals surface area (Å²) in [6, 6.07) is 6.06. The lowest BCUT2D eigenvalue weighted by molar-refractivity contribution is 0.105. The minimum absolute atomic E-state index is 0.0376. The fourth-order valence-corrected chi connectivity index (χ4v) is 2.81. The van der Waals surface area contributed by atoms with Crippen LogP contribution in [0.3, 0.4) is 0 Å². The molecule has 23 heavy (non-hydrogen) atoms. The van der Waals surface area contributed by atoms with Crippen molar-refractivity contribution in [3.63, 3.8) is 0 Å². The van der Waals surface area contributed by atoms with Crippen LogP contribution in [0.15, 0.2) is 41.5 Å². The summed E-state index contributed by atoms with van der Waals surface area (Å²) >= 11 is 0. The Morgan fingerprint density at radius 3 is 2.61 bits per heavy atom. The smallest absolute Gasteiger partial charge is 0.298 e. The molecule has 0 radical (unpaired) electrons. The molecule has 0 aromatic heterocycles. The second-order valence-corrected chi connectivity index (χ2v) is 6.67. The van der Waals surface area contributed by atoms with Crippen molar-refractivity contribution in [3.05, 3.63) is 36.6 Å². The van der Waals surface area contributed by atoms with E-state index < -0.39 is 10.1 Å². The zero-order valence-electron chi connectivity index (χ0n) is 13.8. The SMILES string of the molecule is CC=COC(CCCCC)CCOc1ccccc1S(=O)(=O)O. The molecule has 1 aromatic carbocycles. The summed E-state index contributed by atoms with van der Waals surface area (Å²) in [5.74, 6) is 0.161. The molecule has 1 unspecified atom stereocenters. The van der Waals surface area contributed by atoms with Gasteiger partial charge in [-0.05, 0) is 31.9 Å². The molecule has 0 bridgehead atoms. The Kier molecular flexibility index (Phi) is 8.73. The summed E-state index contributed by atoms with van der Waals surface area (Å²) in [5, 5.41) is 0. The molecule has 0 heterocycles. The second kappa shape index (κ2) is 10.3. The molecule has 5 nitrogen and oxygen atoms in total. The number of benzene rings is 1. The van der Waals surface area contributed by atoms with Gasteiger partial charge in [0.1, 0.15) is 16.7 Å². The van der Waals surface area contributed by atoms with Crippen LogP contribution in [-0.2, 0) is 14.9 Å². The van der Waals surface area contributed by atoms with Gasteiger partial charge >= 0.3 is 0 Å². The van der Waals surface area contributed by atoms with Gasteiger partial charge in [0.15, 0.2) is 0 Å². The monoisotopic (exact) mass is 342 g/mol. The maximum atomic E-state index is 11.3. The van der Waals surface area contributed by atoms with Crippen molar-refractivity contribution in [2.24, 2.45) is 0 Å². The van der Waals surface area contributed by atoms with Crippen LogP contribution in [0.2, 0.25) is 0 Å². The van der Waals surface area contributed by atoms with E-state index in [0.717, 1.165) is 25.7 Å². The van der Waals surface area contributed by atoms with Gasteiger partial charge < -0.3 is 9.47 Å². The lowest BCUT2D eigenvalue weighted by atomic mass is 10.1. The molecular formula is C17H26O5S. The van der Waals surface area contributed by atoms with Crippen molar-refractivity contribution in [1.29, 1.82) is 0 Å². The largest absolute Gasteiger partial charge is 0.498 e. The van der Waals surface area contributed by atoms with Crippen LogP contribution in [0, 0.1) is 0 Å². The van der Waals surface area contributed by atoms with Gasteiger partial charge in [0.25, 0.3) is 10.1 Å². The first-order chi connectivity index (χ1) is 11.0. The average molecular weight is 342 g/mol. The van der Waals surface area contributed by atoms with E-state index in [4.69, 9.17) is 9.47 Å². The van der Waals surface area contributed by atoms with Gasteiger partial charge in [0, 0.05) is 6.42 Å². The van der Waals surface area contributed by atoms with Gasteiger partial charge in [0.05, 0.1) is 12.9 Å². The molecule has 130 valence electrons. The van der Waals surface area contributed by atoms with Crippen molar-refractivity contribution >= 4 is 10.1 Å². The fraction of sp³-hybridized carbons (Fsp3) is 0.529. The first-order valence-corrected chi connectivity index (χ1v) is 9.39. The topological polar surface area (TPSA) is 72.8 Å². The highest BCUT2D eigenvalue weighted by Gasteiger charge is 2.16. The molecule has 0 aliphatic carbocycles. The second-order valence-electron chi connectivity index (χ2n) is 5.28. The molecule has 0 fully saturated rings. The van der Waals surface area contributed by atoms with Crippen LogP contribution in [0.4, 0.5) is 0 Å². The van der Waals surface area contributed by atoms with E-state index >= 15 is 0 Å². The van der Waals surface area contributed by atoms with Crippen LogP contribution < -0.4 is 4.74 Å². The summed E-state index contributed by atoms with van der Waals surface area (Å²) in [6.45, 7) is 4.36. The van der Waals surface area contributed by atoms with E-state index in [1.54, 1.807) is 18.4 Å². The highest BCUT2D eigenvalue weighted by molar-refractivity contribution is 7.86. The normalized spacial score (nSPS) is 13.2. The van der Waals surface area contributed by atoms with Crippen LogP contribution >= 0.6 is 0 Å².